The fourth-order valence-corrected chi connectivity index (χ4v) is 7.70. The molecule has 0 radical (unpaired) electrons. The molecule has 0 saturated carbocycles. The van der Waals surface area contributed by atoms with Crippen molar-refractivity contribution in [1.29, 1.82) is 0 Å². The number of carbonyl (C=O) groups is 2. The minimum atomic E-state index is -5.82. The van der Waals surface area contributed by atoms with Crippen molar-refractivity contribution in [3.8, 4) is 16.9 Å². The molecular weight excluding hydrogens is 936 g/mol. The summed E-state index contributed by atoms with van der Waals surface area (Å²) in [5, 5.41) is 17.1. The zero-order chi connectivity index (χ0) is 50.7. The van der Waals surface area contributed by atoms with E-state index in [4.69, 9.17) is 14.8 Å². The summed E-state index contributed by atoms with van der Waals surface area (Å²) in [6.07, 6.45) is -2.36. The number of carbonyl (C=O) groups excluding carboxylic acids is 2. The van der Waals surface area contributed by atoms with Gasteiger partial charge in [0.25, 0.3) is 0 Å². The quantitative estimate of drug-likeness (QED) is 0.0581. The van der Waals surface area contributed by atoms with E-state index < -0.39 is 86.4 Å². The molecular formula is C45H42BF11O9S. The third-order valence-electron chi connectivity index (χ3n) is 10.8. The maximum Gasteiger partial charge on any atom is 0.534 e. The summed E-state index contributed by atoms with van der Waals surface area (Å²) in [5.74, 6) is -3.58. The van der Waals surface area contributed by atoms with Crippen molar-refractivity contribution in [3.63, 3.8) is 0 Å². The second-order valence-electron chi connectivity index (χ2n) is 16.3. The van der Waals surface area contributed by atoms with E-state index in [0.29, 0.717) is 41.3 Å². The van der Waals surface area contributed by atoms with E-state index in [9.17, 15) is 66.3 Å². The van der Waals surface area contributed by atoms with Crippen LogP contribution in [0.1, 0.15) is 96.3 Å². The molecule has 0 aromatic heterocycles. The van der Waals surface area contributed by atoms with Gasteiger partial charge in [0, 0.05) is 16.6 Å². The van der Waals surface area contributed by atoms with Crippen LogP contribution in [0.2, 0.25) is 0 Å². The smallest absolute Gasteiger partial charge is 0.465 e. The number of hydrogen-bond donors (Lipinski definition) is 2. The molecule has 4 aromatic carbocycles. The molecule has 0 bridgehead atoms. The minimum absolute atomic E-state index is 0.0813. The van der Waals surface area contributed by atoms with Crippen molar-refractivity contribution < 1.29 is 90.0 Å². The van der Waals surface area contributed by atoms with Crippen molar-refractivity contribution in [2.75, 3.05) is 14.2 Å². The average molecular weight is 979 g/mol. The lowest BCUT2D eigenvalue weighted by molar-refractivity contribution is -0.138. The van der Waals surface area contributed by atoms with Crippen molar-refractivity contribution in [1.82, 2.24) is 0 Å². The van der Waals surface area contributed by atoms with Crippen molar-refractivity contribution in [2.45, 2.75) is 71.2 Å². The number of alkyl halides is 9. The van der Waals surface area contributed by atoms with Gasteiger partial charge >= 0.3 is 47.0 Å². The predicted octanol–water partition coefficient (Wildman–Crippen LogP) is 10.9. The van der Waals surface area contributed by atoms with Gasteiger partial charge in [0.2, 0.25) is 0 Å². The number of benzene rings is 4. The first-order valence-electron chi connectivity index (χ1n) is 19.7. The molecule has 0 fully saturated rings. The lowest BCUT2D eigenvalue weighted by atomic mass is 9.79. The standard InChI is InChI=1S/C22H20F4O2.C16H17F3O5S.C7H5BF4O2/c1-21(2)10-4-5-18(21)16-11-13(20(27)28-3)6-8-15(16)17-12-14(22(24,25)26)7-9-19(17)23;1-15(2)8-4-5-12(15)11-9-10(14(20)23-3)6-7-13(11)24-25(21,22)16(17,18)19;9-6-2-1-4(7(10,11)12)3-5(6)8(13)14/h5-9,11-12H,4,10H2,1-3H3;5-7,9H,4,8H2,1-3H3;1-3,13-14H. The highest BCUT2D eigenvalue weighted by molar-refractivity contribution is 7.88. The van der Waals surface area contributed by atoms with Gasteiger partial charge in [0.1, 0.15) is 11.6 Å². The van der Waals surface area contributed by atoms with E-state index in [1.807, 2.05) is 33.8 Å². The fraction of sp³-hybridized carbons (Fsp3) is 0.333. The van der Waals surface area contributed by atoms with E-state index in [1.54, 1.807) is 12.1 Å². The first-order valence-corrected chi connectivity index (χ1v) is 21.1. The highest BCUT2D eigenvalue weighted by Gasteiger charge is 2.49. The van der Waals surface area contributed by atoms with Gasteiger partial charge in [-0.3, -0.25) is 0 Å². The molecule has 0 unspecified atom stereocenters. The Morgan fingerprint density at radius 3 is 1.48 bits per heavy atom. The minimum Gasteiger partial charge on any atom is -0.465 e. The number of hydrogen-bond acceptors (Lipinski definition) is 9. The van der Waals surface area contributed by atoms with Crippen LogP contribution >= 0.6 is 0 Å². The maximum absolute atomic E-state index is 14.5. The summed E-state index contributed by atoms with van der Waals surface area (Å²) in [6, 6.07) is 11.7. The number of esters is 2. The molecule has 0 amide bonds. The molecule has 4 aromatic rings. The molecule has 0 atom stereocenters. The van der Waals surface area contributed by atoms with Crippen LogP contribution in [-0.2, 0) is 31.9 Å². The lowest BCUT2D eigenvalue weighted by Crippen LogP contribution is -2.33. The van der Waals surface area contributed by atoms with Crippen LogP contribution < -0.4 is 9.65 Å². The Hall–Kier alpha value is -5.74. The summed E-state index contributed by atoms with van der Waals surface area (Å²) in [6.45, 7) is 7.78. The van der Waals surface area contributed by atoms with Crippen LogP contribution in [0, 0.1) is 22.5 Å². The van der Waals surface area contributed by atoms with Crippen LogP contribution in [0.3, 0.4) is 0 Å². The Labute approximate surface area is 378 Å². The average Bonchev–Trinajstić information content (AvgIpc) is 3.78. The Bertz CT molecular complexity index is 2670. The van der Waals surface area contributed by atoms with E-state index in [-0.39, 0.29) is 27.7 Å². The molecule has 0 spiro atoms. The van der Waals surface area contributed by atoms with Gasteiger partial charge in [-0.2, -0.15) is 47.9 Å². The molecule has 6 rings (SSSR count). The fourth-order valence-electron chi connectivity index (χ4n) is 7.22. The monoisotopic (exact) mass is 978 g/mol. The van der Waals surface area contributed by atoms with Crippen molar-refractivity contribution in [2.24, 2.45) is 10.8 Å². The number of methoxy groups -OCH3 is 2. The number of rotatable bonds is 8. The first-order chi connectivity index (χ1) is 30.8. The number of ether oxygens (including phenoxy) is 2. The topological polar surface area (TPSA) is 136 Å². The maximum atomic E-state index is 14.5. The van der Waals surface area contributed by atoms with Gasteiger partial charge in [-0.05, 0) is 126 Å². The second kappa shape index (κ2) is 20.2. The number of halogens is 11. The zero-order valence-corrected chi connectivity index (χ0v) is 37.1. The van der Waals surface area contributed by atoms with Crippen molar-refractivity contribution in [3.05, 3.63) is 130 Å². The van der Waals surface area contributed by atoms with Gasteiger partial charge < -0.3 is 23.7 Å². The highest BCUT2D eigenvalue weighted by Crippen LogP contribution is 2.49. The third-order valence-corrected chi connectivity index (χ3v) is 11.7. The Morgan fingerprint density at radius 2 is 1.04 bits per heavy atom. The molecule has 2 aliphatic carbocycles. The number of allylic oxidation sites excluding steroid dienone is 4. The van der Waals surface area contributed by atoms with E-state index in [1.165, 1.54) is 32.4 Å². The molecule has 0 heterocycles. The van der Waals surface area contributed by atoms with Gasteiger partial charge in [-0.1, -0.05) is 45.9 Å². The van der Waals surface area contributed by atoms with Crippen LogP contribution in [0.5, 0.6) is 5.75 Å². The van der Waals surface area contributed by atoms with Gasteiger partial charge in [0.15, 0.2) is 5.75 Å². The Kier molecular flexibility index (Phi) is 16.3. The van der Waals surface area contributed by atoms with Gasteiger partial charge in [0.05, 0.1) is 36.5 Å². The summed E-state index contributed by atoms with van der Waals surface area (Å²) in [7, 11) is -5.66. The van der Waals surface area contributed by atoms with Crippen LogP contribution in [-0.4, -0.2) is 57.3 Å². The summed E-state index contributed by atoms with van der Waals surface area (Å²) >= 11 is 0. The largest absolute Gasteiger partial charge is 0.534 e. The normalized spacial score (nSPS) is 15.5. The Morgan fingerprint density at radius 1 is 0.597 bits per heavy atom. The SMILES string of the molecule is COC(=O)c1ccc(-c2cc(C(F)(F)F)ccc2F)c(C2=CCCC2(C)C)c1.COC(=O)c1ccc(OS(=O)(=O)C(F)(F)F)c(C2=CCCC2(C)C)c1.OB(O)c1cc(C(F)(F)F)ccc1F. The lowest BCUT2D eigenvalue weighted by Gasteiger charge is -2.25. The van der Waals surface area contributed by atoms with Crippen molar-refractivity contribution >= 4 is 45.8 Å². The molecule has 0 aliphatic heterocycles. The van der Waals surface area contributed by atoms with E-state index >= 15 is 0 Å². The zero-order valence-electron chi connectivity index (χ0n) is 36.3. The predicted molar refractivity (Wildman–Crippen MR) is 225 cm³/mol. The molecule has 362 valence electrons. The molecule has 2 aliphatic rings. The second-order valence-corrected chi connectivity index (χ2v) is 17.9. The summed E-state index contributed by atoms with van der Waals surface area (Å²) < 4.78 is 177. The molecule has 22 heteroatoms. The van der Waals surface area contributed by atoms with E-state index in [0.717, 1.165) is 55.2 Å². The van der Waals surface area contributed by atoms with Crippen LogP contribution in [0.15, 0.2) is 84.9 Å². The third kappa shape index (κ3) is 12.8. The first kappa shape index (κ1) is 53.9. The Balaban J connectivity index is 0.000000231. The van der Waals surface area contributed by atoms with Gasteiger partial charge in [-0.15, -0.1) is 0 Å². The summed E-state index contributed by atoms with van der Waals surface area (Å²) in [4.78, 5) is 23.7. The highest BCUT2D eigenvalue weighted by atomic mass is 32.2. The van der Waals surface area contributed by atoms with Crippen LogP contribution in [0.25, 0.3) is 22.3 Å². The molecule has 9 nitrogen and oxygen atoms in total. The van der Waals surface area contributed by atoms with E-state index in [2.05, 4.69) is 8.92 Å². The van der Waals surface area contributed by atoms with Crippen LogP contribution in [0.4, 0.5) is 48.3 Å². The summed E-state index contributed by atoms with van der Waals surface area (Å²) in [5.41, 5.74) is -6.37. The van der Waals surface area contributed by atoms with Gasteiger partial charge in [-0.25, -0.2) is 18.4 Å². The molecule has 67 heavy (non-hydrogen) atoms. The molecule has 2 N–H and O–H groups in total. The molecule has 0 saturated heterocycles.